The molecule has 0 aliphatic heterocycles. The van der Waals surface area contributed by atoms with Gasteiger partial charge in [-0.2, -0.15) is 0 Å². The molecule has 0 aromatic rings. The maximum atomic E-state index is 2.23. The lowest BCUT2D eigenvalue weighted by Gasteiger charge is -1.91. The number of hydrogen-bond acceptors (Lipinski definition) is 0. The molecule has 0 spiro atoms. The molecule has 1 atom stereocenters. The highest BCUT2D eigenvalue weighted by molar-refractivity contribution is 7.37. The lowest BCUT2D eigenvalue weighted by Crippen LogP contribution is -1.76. The van der Waals surface area contributed by atoms with Crippen molar-refractivity contribution in [2.45, 2.75) is 26.9 Å². The Bertz CT molecular complexity index is 17.9. The Labute approximate surface area is 43.1 Å². The van der Waals surface area contributed by atoms with Gasteiger partial charge in [0, 0.05) is 0 Å². The quantitative estimate of drug-likeness (QED) is 0.450. The molecular weight excluding hydrogens is 91.0 g/mol. The minimum absolute atomic E-state index is 0. The summed E-state index contributed by atoms with van der Waals surface area (Å²) in [5.41, 5.74) is 0.912. The molecule has 0 aromatic carbocycles. The van der Waals surface area contributed by atoms with Gasteiger partial charge in [-0.05, 0) is 12.3 Å². The van der Waals surface area contributed by atoms with E-state index in [2.05, 4.69) is 20.5 Å². The largest absolute Gasteiger partial charge is 0.123 e. The molecule has 40 valence electrons. The summed E-state index contributed by atoms with van der Waals surface area (Å²) in [6, 6.07) is 0. The Morgan fingerprint density at radius 1 is 1.33 bits per heavy atom. The van der Waals surface area contributed by atoms with E-state index in [0.29, 0.717) is 0 Å². The molecule has 6 heavy (non-hydrogen) atoms. The van der Waals surface area contributed by atoms with E-state index in [4.69, 9.17) is 0 Å². The summed E-state index contributed by atoms with van der Waals surface area (Å²) in [5, 5.41) is 0. The fourth-order valence-electron chi connectivity index (χ4n) is 0. The first-order valence-electron chi connectivity index (χ1n) is 1.94. The number of rotatable bonds is 1. The number of hydrogen-bond donors (Lipinski definition) is 0. The second-order valence-electron chi connectivity index (χ2n) is 1.44. The van der Waals surface area contributed by atoms with Gasteiger partial charge in [-0.1, -0.05) is 21.3 Å². The first-order chi connectivity index (χ1) is 2.27. The van der Waals surface area contributed by atoms with Gasteiger partial charge in [-0.15, -0.1) is 8.58 Å². The summed E-state index contributed by atoms with van der Waals surface area (Å²) in [6.07, 6.45) is 0. The molecule has 0 amide bonds. The summed E-state index contributed by atoms with van der Waals surface area (Å²) in [4.78, 5) is 0. The van der Waals surface area contributed by atoms with Gasteiger partial charge in [0.25, 0.3) is 0 Å². The predicted octanol–water partition coefficient (Wildman–Crippen LogP) is 2.34. The van der Waals surface area contributed by atoms with Crippen LogP contribution in [-0.2, 0) is 0 Å². The van der Waals surface area contributed by atoms with Gasteiger partial charge < -0.3 is 0 Å². The smallest absolute Gasteiger partial charge is 0.0296 e. The van der Waals surface area contributed by atoms with Crippen LogP contribution in [-0.4, -0.2) is 12.3 Å². The van der Waals surface area contributed by atoms with Crippen LogP contribution >= 0.6 is 8.58 Å². The van der Waals surface area contributed by atoms with E-state index in [9.17, 15) is 0 Å². The van der Waals surface area contributed by atoms with Gasteiger partial charge in [0.05, 0.1) is 0 Å². The fraction of sp³-hybridized carbons (Fsp3) is 1.00. The zero-order valence-electron chi connectivity index (χ0n) is 4.08. The monoisotopic (exact) mass is 106 g/mol. The van der Waals surface area contributed by atoms with Crippen molar-refractivity contribution in [2.24, 2.45) is 0 Å². The Hall–Kier alpha value is 0.430. The van der Waals surface area contributed by atoms with Crippen molar-refractivity contribution in [1.82, 2.24) is 0 Å². The molecule has 0 saturated heterocycles. The topological polar surface area (TPSA) is 0 Å². The Kier molecular flexibility index (Phi) is 8.74. The first-order valence-corrected chi connectivity index (χ1v) is 3.52. The zero-order chi connectivity index (χ0) is 4.28. The second-order valence-corrected chi connectivity index (χ2v) is 3.18. The van der Waals surface area contributed by atoms with Gasteiger partial charge >= 0.3 is 0 Å². The normalized spacial score (nSPS) is 10.0. The Morgan fingerprint density at radius 2 is 1.50 bits per heavy atom. The molecule has 0 fully saturated rings. The average molecular weight is 106 g/mol. The molecule has 1 unspecified atom stereocenters. The van der Waals surface area contributed by atoms with Gasteiger partial charge in [0.1, 0.15) is 0 Å². The summed E-state index contributed by atoms with van der Waals surface area (Å²) < 4.78 is 0. The van der Waals surface area contributed by atoms with Crippen molar-refractivity contribution in [2.75, 3.05) is 6.66 Å². The molecule has 0 aliphatic rings. The average Bonchev–Trinajstić information content (AvgIpc) is 1.38. The van der Waals surface area contributed by atoms with E-state index in [0.717, 1.165) is 14.2 Å². The molecule has 0 heterocycles. The highest BCUT2D eigenvalue weighted by Gasteiger charge is 1.79. The summed E-state index contributed by atoms with van der Waals surface area (Å²) in [6.45, 7) is 6.70. The minimum atomic E-state index is 0. The lowest BCUT2D eigenvalue weighted by atomic mass is 10.6. The maximum absolute atomic E-state index is 2.23. The summed E-state index contributed by atoms with van der Waals surface area (Å²) in [5.74, 6) is 0. The molecule has 0 aromatic heterocycles. The van der Waals surface area contributed by atoms with Crippen LogP contribution in [0.5, 0.6) is 0 Å². The van der Waals surface area contributed by atoms with Crippen molar-refractivity contribution in [3.63, 3.8) is 0 Å². The van der Waals surface area contributed by atoms with E-state index >= 15 is 0 Å². The van der Waals surface area contributed by atoms with Crippen LogP contribution < -0.4 is 0 Å². The van der Waals surface area contributed by atoms with Gasteiger partial charge in [0.15, 0.2) is 0 Å². The SMILES string of the molecule is C.CPC(C)C. The van der Waals surface area contributed by atoms with Crippen molar-refractivity contribution < 1.29 is 0 Å². The third-order valence-corrected chi connectivity index (χ3v) is 1.73. The van der Waals surface area contributed by atoms with Crippen LogP contribution in [0, 0.1) is 0 Å². The van der Waals surface area contributed by atoms with Gasteiger partial charge in [-0.3, -0.25) is 0 Å². The van der Waals surface area contributed by atoms with E-state index in [1.807, 2.05) is 0 Å². The van der Waals surface area contributed by atoms with Crippen LogP contribution in [0.4, 0.5) is 0 Å². The van der Waals surface area contributed by atoms with Crippen LogP contribution in [0.15, 0.2) is 0 Å². The standard InChI is InChI=1S/C4H11P.CH4/c1-4(2)5-3;/h4-5H,1-3H3;1H4. The molecule has 0 N–H and O–H groups in total. The molecule has 0 rings (SSSR count). The van der Waals surface area contributed by atoms with Crippen molar-refractivity contribution in [1.29, 1.82) is 0 Å². The van der Waals surface area contributed by atoms with E-state index in [1.165, 1.54) is 0 Å². The van der Waals surface area contributed by atoms with Crippen LogP contribution in [0.25, 0.3) is 0 Å². The zero-order valence-corrected chi connectivity index (χ0v) is 5.08. The third kappa shape index (κ3) is 8.83. The van der Waals surface area contributed by atoms with Crippen molar-refractivity contribution >= 4 is 8.58 Å². The van der Waals surface area contributed by atoms with Crippen molar-refractivity contribution in [3.8, 4) is 0 Å². The highest BCUT2D eigenvalue weighted by atomic mass is 31.1. The second kappa shape index (κ2) is 5.43. The van der Waals surface area contributed by atoms with E-state index in [1.54, 1.807) is 0 Å². The van der Waals surface area contributed by atoms with Gasteiger partial charge in [0.2, 0.25) is 0 Å². The van der Waals surface area contributed by atoms with Crippen LogP contribution in [0.2, 0.25) is 0 Å². The van der Waals surface area contributed by atoms with E-state index < -0.39 is 0 Å². The summed E-state index contributed by atoms with van der Waals surface area (Å²) in [7, 11) is 1.11. The molecule has 1 heteroatoms. The fourth-order valence-corrected chi connectivity index (χ4v) is 0. The predicted molar refractivity (Wildman–Crippen MR) is 36.1 cm³/mol. The molecule has 0 saturated carbocycles. The lowest BCUT2D eigenvalue weighted by molar-refractivity contribution is 1.11. The molecule has 0 bridgehead atoms. The van der Waals surface area contributed by atoms with Gasteiger partial charge in [-0.25, -0.2) is 0 Å². The Morgan fingerprint density at radius 3 is 1.50 bits per heavy atom. The Balaban J connectivity index is 0. The van der Waals surface area contributed by atoms with Crippen molar-refractivity contribution in [3.05, 3.63) is 0 Å². The molecule has 0 nitrogen and oxygen atoms in total. The molecule has 0 radical (unpaired) electrons. The van der Waals surface area contributed by atoms with Crippen LogP contribution in [0.1, 0.15) is 21.3 Å². The third-order valence-electron chi connectivity index (χ3n) is 0.577. The highest BCUT2D eigenvalue weighted by Crippen LogP contribution is 2.09. The molecule has 0 aliphatic carbocycles. The van der Waals surface area contributed by atoms with Crippen LogP contribution in [0.3, 0.4) is 0 Å². The first kappa shape index (κ1) is 9.66. The van der Waals surface area contributed by atoms with E-state index in [-0.39, 0.29) is 7.43 Å². The molecular formula is C5H15P. The summed E-state index contributed by atoms with van der Waals surface area (Å²) >= 11 is 0. The maximum Gasteiger partial charge on any atom is -0.0296 e. The minimum Gasteiger partial charge on any atom is -0.123 e.